The minimum absolute atomic E-state index is 0.128. The lowest BCUT2D eigenvalue weighted by molar-refractivity contribution is -0.156. The largest absolute Gasteiger partial charge is 0.482 e. The van der Waals surface area contributed by atoms with Crippen molar-refractivity contribution in [2.75, 3.05) is 20.5 Å². The minimum Gasteiger partial charge on any atom is -0.482 e. The number of hydrogen-bond acceptors (Lipinski definition) is 6. The highest BCUT2D eigenvalue weighted by molar-refractivity contribution is 5.91. The van der Waals surface area contributed by atoms with Crippen LogP contribution in [0.1, 0.15) is 10.4 Å². The molecule has 2 rings (SSSR count). The Morgan fingerprint density at radius 3 is 2.43 bits per heavy atom. The molecular formula is C17H16O6. The van der Waals surface area contributed by atoms with E-state index < -0.39 is 11.9 Å². The van der Waals surface area contributed by atoms with Crippen molar-refractivity contribution in [3.8, 4) is 11.5 Å². The first-order chi connectivity index (χ1) is 11.2. The van der Waals surface area contributed by atoms with Crippen LogP contribution in [0.3, 0.4) is 0 Å². The first-order valence-electron chi connectivity index (χ1n) is 6.83. The molecule has 0 heterocycles. The summed E-state index contributed by atoms with van der Waals surface area (Å²) in [7, 11) is 1.42. The molecular weight excluding hydrogens is 300 g/mol. The van der Waals surface area contributed by atoms with Gasteiger partial charge < -0.3 is 18.9 Å². The third-order valence-electron chi connectivity index (χ3n) is 2.72. The summed E-state index contributed by atoms with van der Waals surface area (Å²) < 4.78 is 19.8. The maximum absolute atomic E-state index is 12.0. The van der Waals surface area contributed by atoms with E-state index in [2.05, 4.69) is 4.74 Å². The summed E-state index contributed by atoms with van der Waals surface area (Å²) in [4.78, 5) is 23.3. The fraction of sp³-hybridized carbons (Fsp3) is 0.176. The van der Waals surface area contributed by atoms with E-state index in [1.165, 1.54) is 13.2 Å². The quantitative estimate of drug-likeness (QED) is 0.444. The van der Waals surface area contributed by atoms with Gasteiger partial charge in [-0.1, -0.05) is 24.3 Å². The van der Waals surface area contributed by atoms with Crippen molar-refractivity contribution in [3.05, 3.63) is 60.2 Å². The van der Waals surface area contributed by atoms with Crippen molar-refractivity contribution in [3.63, 3.8) is 0 Å². The molecule has 0 N–H and O–H groups in total. The van der Waals surface area contributed by atoms with Crippen LogP contribution in [0.4, 0.5) is 0 Å². The molecule has 0 aliphatic heterocycles. The van der Waals surface area contributed by atoms with Crippen LogP contribution in [0.15, 0.2) is 54.6 Å². The van der Waals surface area contributed by atoms with Crippen LogP contribution in [0.25, 0.3) is 0 Å². The zero-order valence-electron chi connectivity index (χ0n) is 12.6. The summed E-state index contributed by atoms with van der Waals surface area (Å²) >= 11 is 0. The van der Waals surface area contributed by atoms with Crippen LogP contribution in [0, 0.1) is 0 Å². The van der Waals surface area contributed by atoms with E-state index in [0.717, 1.165) is 0 Å². The minimum atomic E-state index is -0.557. The first-order valence-corrected chi connectivity index (χ1v) is 6.83. The molecule has 120 valence electrons. The number of carbonyl (C=O) groups is 2. The summed E-state index contributed by atoms with van der Waals surface area (Å²) in [6.45, 7) is -0.392. The Kier molecular flexibility index (Phi) is 6.14. The molecule has 0 amide bonds. The molecule has 0 aromatic heterocycles. The molecule has 0 spiro atoms. The number of methoxy groups -OCH3 is 1. The highest BCUT2D eigenvalue weighted by Gasteiger charge is 2.09. The standard InChI is InChI=1S/C17H16O6/c1-20-12-22-16(18)11-21-14-8-5-9-15(10-14)23-17(19)13-6-3-2-4-7-13/h2-10H,11-12H2,1H3. The van der Waals surface area contributed by atoms with Crippen molar-refractivity contribution in [2.45, 2.75) is 0 Å². The number of benzene rings is 2. The SMILES string of the molecule is COCOC(=O)COc1cccc(OC(=O)c2ccccc2)c1. The van der Waals surface area contributed by atoms with Gasteiger partial charge >= 0.3 is 11.9 Å². The van der Waals surface area contributed by atoms with Gasteiger partial charge in [0, 0.05) is 13.2 Å². The second kappa shape index (κ2) is 8.55. The highest BCUT2D eigenvalue weighted by Crippen LogP contribution is 2.20. The van der Waals surface area contributed by atoms with Crippen LogP contribution >= 0.6 is 0 Å². The topological polar surface area (TPSA) is 71.1 Å². The second-order valence-electron chi connectivity index (χ2n) is 4.44. The van der Waals surface area contributed by atoms with Crippen LogP contribution in [-0.2, 0) is 14.3 Å². The molecule has 6 nitrogen and oxygen atoms in total. The van der Waals surface area contributed by atoms with Gasteiger partial charge in [0.25, 0.3) is 0 Å². The monoisotopic (exact) mass is 316 g/mol. The van der Waals surface area contributed by atoms with Crippen molar-refractivity contribution in [1.29, 1.82) is 0 Å². The second-order valence-corrected chi connectivity index (χ2v) is 4.44. The Bertz CT molecular complexity index is 653. The Morgan fingerprint density at radius 1 is 0.957 bits per heavy atom. The van der Waals surface area contributed by atoms with Gasteiger partial charge in [-0.25, -0.2) is 9.59 Å². The lowest BCUT2D eigenvalue weighted by Crippen LogP contribution is -2.16. The van der Waals surface area contributed by atoms with Gasteiger partial charge in [0.2, 0.25) is 0 Å². The zero-order chi connectivity index (χ0) is 16.5. The summed E-state index contributed by atoms with van der Waals surface area (Å²) in [6, 6.07) is 15.1. The van der Waals surface area contributed by atoms with Gasteiger partial charge in [0.15, 0.2) is 13.4 Å². The smallest absolute Gasteiger partial charge is 0.346 e. The summed E-state index contributed by atoms with van der Waals surface area (Å²) in [6.07, 6.45) is 0. The van der Waals surface area contributed by atoms with Gasteiger partial charge in [-0.3, -0.25) is 0 Å². The van der Waals surface area contributed by atoms with Gasteiger partial charge in [-0.15, -0.1) is 0 Å². The molecule has 6 heteroatoms. The number of ether oxygens (including phenoxy) is 4. The lowest BCUT2D eigenvalue weighted by Gasteiger charge is -2.08. The maximum atomic E-state index is 12.0. The number of rotatable bonds is 7. The summed E-state index contributed by atoms with van der Waals surface area (Å²) in [5.41, 5.74) is 0.446. The predicted octanol–water partition coefficient (Wildman–Crippen LogP) is 2.43. The van der Waals surface area contributed by atoms with E-state index in [1.807, 2.05) is 6.07 Å². The molecule has 0 fully saturated rings. The van der Waals surface area contributed by atoms with Gasteiger partial charge in [-0.2, -0.15) is 0 Å². The van der Waals surface area contributed by atoms with E-state index in [4.69, 9.17) is 14.2 Å². The van der Waals surface area contributed by atoms with E-state index in [0.29, 0.717) is 17.1 Å². The van der Waals surface area contributed by atoms with Crippen LogP contribution < -0.4 is 9.47 Å². The maximum Gasteiger partial charge on any atom is 0.346 e. The molecule has 2 aromatic rings. The summed E-state index contributed by atoms with van der Waals surface area (Å²) in [5, 5.41) is 0. The average molecular weight is 316 g/mol. The number of esters is 2. The molecule has 0 aliphatic rings. The molecule has 0 bridgehead atoms. The molecule has 2 aromatic carbocycles. The fourth-order valence-corrected chi connectivity index (χ4v) is 1.68. The Morgan fingerprint density at radius 2 is 1.70 bits per heavy atom. The van der Waals surface area contributed by atoms with E-state index >= 15 is 0 Å². The van der Waals surface area contributed by atoms with Crippen molar-refractivity contribution in [2.24, 2.45) is 0 Å². The first kappa shape index (κ1) is 16.5. The Labute approximate surface area is 133 Å². The normalized spacial score (nSPS) is 9.96. The Balaban J connectivity index is 1.92. The lowest BCUT2D eigenvalue weighted by atomic mass is 10.2. The van der Waals surface area contributed by atoms with Gasteiger partial charge in [-0.05, 0) is 24.3 Å². The Hall–Kier alpha value is -2.86. The molecule has 0 atom stereocenters. The third-order valence-corrected chi connectivity index (χ3v) is 2.72. The molecule has 0 saturated carbocycles. The van der Waals surface area contributed by atoms with E-state index in [1.54, 1.807) is 42.5 Å². The predicted molar refractivity (Wildman–Crippen MR) is 81.3 cm³/mol. The average Bonchev–Trinajstić information content (AvgIpc) is 2.59. The van der Waals surface area contributed by atoms with E-state index in [-0.39, 0.29) is 13.4 Å². The molecule has 0 radical (unpaired) electrons. The van der Waals surface area contributed by atoms with E-state index in [9.17, 15) is 9.59 Å². The van der Waals surface area contributed by atoms with Crippen molar-refractivity contribution < 1.29 is 28.5 Å². The highest BCUT2D eigenvalue weighted by atomic mass is 16.7. The molecule has 0 unspecified atom stereocenters. The van der Waals surface area contributed by atoms with Gasteiger partial charge in [0.05, 0.1) is 5.56 Å². The molecule has 23 heavy (non-hydrogen) atoms. The number of carbonyl (C=O) groups excluding carboxylic acids is 2. The van der Waals surface area contributed by atoms with Crippen LogP contribution in [0.5, 0.6) is 11.5 Å². The van der Waals surface area contributed by atoms with Gasteiger partial charge in [0.1, 0.15) is 11.5 Å². The van der Waals surface area contributed by atoms with Crippen molar-refractivity contribution >= 4 is 11.9 Å². The molecule has 0 saturated heterocycles. The van der Waals surface area contributed by atoms with Crippen LogP contribution in [-0.4, -0.2) is 32.4 Å². The van der Waals surface area contributed by atoms with Crippen LogP contribution in [0.2, 0.25) is 0 Å². The van der Waals surface area contributed by atoms with Crippen molar-refractivity contribution in [1.82, 2.24) is 0 Å². The summed E-state index contributed by atoms with van der Waals surface area (Å²) in [5.74, 6) is -0.319. The number of hydrogen-bond donors (Lipinski definition) is 0. The fourth-order valence-electron chi connectivity index (χ4n) is 1.68. The molecule has 0 aliphatic carbocycles. The third kappa shape index (κ3) is 5.44. The zero-order valence-corrected chi connectivity index (χ0v) is 12.6.